The third-order valence-corrected chi connectivity index (χ3v) is 6.07. The first-order valence-electron chi connectivity index (χ1n) is 10.4. The average molecular weight is 409 g/mol. The third-order valence-electron chi connectivity index (χ3n) is 6.07. The van der Waals surface area contributed by atoms with Crippen LogP contribution >= 0.6 is 0 Å². The zero-order chi connectivity index (χ0) is 21.4. The molecule has 0 bridgehead atoms. The second-order valence-electron chi connectivity index (χ2n) is 7.84. The minimum Gasteiger partial charge on any atom is -0.497 e. The maximum Gasteiger partial charge on any atom is 0.236 e. The molecule has 1 amide bonds. The number of β-lactam (4-membered cyclic amide) rings is 1. The lowest BCUT2D eigenvalue weighted by molar-refractivity contribution is -0.136. The molecule has 4 nitrogen and oxygen atoms in total. The lowest BCUT2D eigenvalue weighted by atomic mass is 9.76. The number of anilines is 1. The standard InChI is InChI=1S/C27H23NO3/c1-31-23-13-7-10-20(17-23)25-24(27(30)28(25)22-11-3-2-4-12-22)26(29)21-15-14-18-8-5-6-9-19(18)16-21/h2-17,24-26,29H,1H3/t24-,25-,26+/m1/s1. The van der Waals surface area contributed by atoms with Crippen LogP contribution in [0.5, 0.6) is 5.75 Å². The van der Waals surface area contributed by atoms with Gasteiger partial charge < -0.3 is 14.7 Å². The Kier molecular flexibility index (Phi) is 4.92. The highest BCUT2D eigenvalue weighted by molar-refractivity contribution is 6.03. The summed E-state index contributed by atoms with van der Waals surface area (Å²) in [6, 6.07) is 30.9. The number of carbonyl (C=O) groups is 1. The summed E-state index contributed by atoms with van der Waals surface area (Å²) in [5, 5.41) is 13.5. The van der Waals surface area contributed by atoms with Gasteiger partial charge in [-0.1, -0.05) is 66.7 Å². The maximum atomic E-state index is 13.3. The molecule has 154 valence electrons. The van der Waals surface area contributed by atoms with Crippen LogP contribution in [-0.4, -0.2) is 18.1 Å². The third kappa shape index (κ3) is 3.35. The van der Waals surface area contributed by atoms with Crippen LogP contribution in [0.15, 0.2) is 97.1 Å². The fourth-order valence-corrected chi connectivity index (χ4v) is 4.48. The number of rotatable bonds is 5. The Balaban J connectivity index is 1.56. The molecule has 0 aromatic heterocycles. The molecule has 4 heteroatoms. The minimum absolute atomic E-state index is 0.0836. The van der Waals surface area contributed by atoms with Gasteiger partial charge in [0.1, 0.15) is 5.75 Å². The predicted molar refractivity (Wildman–Crippen MR) is 122 cm³/mol. The number of benzene rings is 4. The molecule has 5 rings (SSSR count). The van der Waals surface area contributed by atoms with E-state index in [0.717, 1.165) is 33.3 Å². The van der Waals surface area contributed by atoms with Crippen LogP contribution in [-0.2, 0) is 4.79 Å². The van der Waals surface area contributed by atoms with Crippen molar-refractivity contribution in [3.8, 4) is 5.75 Å². The monoisotopic (exact) mass is 409 g/mol. The summed E-state index contributed by atoms with van der Waals surface area (Å²) in [7, 11) is 1.63. The Morgan fingerprint density at radius 2 is 1.58 bits per heavy atom. The van der Waals surface area contributed by atoms with Crippen molar-refractivity contribution >= 4 is 22.4 Å². The number of amides is 1. The van der Waals surface area contributed by atoms with Gasteiger partial charge in [0.15, 0.2) is 0 Å². The quantitative estimate of drug-likeness (QED) is 0.456. The van der Waals surface area contributed by atoms with E-state index in [1.165, 1.54) is 0 Å². The van der Waals surface area contributed by atoms with E-state index in [4.69, 9.17) is 4.74 Å². The molecule has 1 aliphatic heterocycles. The summed E-state index contributed by atoms with van der Waals surface area (Å²) in [6.07, 6.45) is -0.909. The minimum atomic E-state index is -0.909. The number of para-hydroxylation sites is 1. The summed E-state index contributed by atoms with van der Waals surface area (Å²) in [5.41, 5.74) is 2.51. The highest BCUT2D eigenvalue weighted by Gasteiger charge is 2.52. The molecular weight excluding hydrogens is 386 g/mol. The van der Waals surface area contributed by atoms with E-state index in [0.29, 0.717) is 0 Å². The van der Waals surface area contributed by atoms with E-state index >= 15 is 0 Å². The van der Waals surface area contributed by atoms with Gasteiger partial charge in [0.05, 0.1) is 25.2 Å². The number of aliphatic hydroxyl groups is 1. The van der Waals surface area contributed by atoms with Crippen molar-refractivity contribution in [2.24, 2.45) is 5.92 Å². The largest absolute Gasteiger partial charge is 0.497 e. The van der Waals surface area contributed by atoms with Crippen LogP contribution in [0, 0.1) is 5.92 Å². The van der Waals surface area contributed by atoms with Crippen molar-refractivity contribution in [1.82, 2.24) is 0 Å². The molecule has 1 heterocycles. The number of hydrogen-bond acceptors (Lipinski definition) is 3. The number of ether oxygens (including phenoxy) is 1. The first-order valence-corrected chi connectivity index (χ1v) is 10.4. The molecule has 0 aliphatic carbocycles. The van der Waals surface area contributed by atoms with Crippen molar-refractivity contribution in [3.05, 3.63) is 108 Å². The van der Waals surface area contributed by atoms with Gasteiger partial charge in [-0.15, -0.1) is 0 Å². The molecule has 4 aromatic carbocycles. The number of methoxy groups -OCH3 is 1. The highest BCUT2D eigenvalue weighted by Crippen LogP contribution is 2.49. The van der Waals surface area contributed by atoms with E-state index < -0.39 is 12.0 Å². The van der Waals surface area contributed by atoms with Crippen LogP contribution in [0.4, 0.5) is 5.69 Å². The fourth-order valence-electron chi connectivity index (χ4n) is 4.48. The first kappa shape index (κ1) is 19.3. The number of nitrogens with zero attached hydrogens (tertiary/aromatic N) is 1. The molecular formula is C27H23NO3. The van der Waals surface area contributed by atoms with Crippen molar-refractivity contribution in [3.63, 3.8) is 0 Å². The van der Waals surface area contributed by atoms with Gasteiger partial charge in [-0.2, -0.15) is 0 Å². The maximum absolute atomic E-state index is 13.3. The van der Waals surface area contributed by atoms with E-state index in [1.807, 2.05) is 97.1 Å². The van der Waals surface area contributed by atoms with Gasteiger partial charge in [0, 0.05) is 5.69 Å². The van der Waals surface area contributed by atoms with Crippen LogP contribution in [0.1, 0.15) is 23.3 Å². The lowest BCUT2D eigenvalue weighted by Crippen LogP contribution is -2.57. The summed E-state index contributed by atoms with van der Waals surface area (Å²) in [5.74, 6) is 0.0666. The molecule has 1 N–H and O–H groups in total. The molecule has 0 unspecified atom stereocenters. The number of carbonyl (C=O) groups excluding carboxylic acids is 1. The summed E-state index contributed by atoms with van der Waals surface area (Å²) in [6.45, 7) is 0. The molecule has 0 radical (unpaired) electrons. The highest BCUT2D eigenvalue weighted by atomic mass is 16.5. The van der Waals surface area contributed by atoms with Crippen molar-refractivity contribution in [2.45, 2.75) is 12.1 Å². The second-order valence-corrected chi connectivity index (χ2v) is 7.84. The lowest BCUT2D eigenvalue weighted by Gasteiger charge is -2.49. The predicted octanol–water partition coefficient (Wildman–Crippen LogP) is 5.29. The van der Waals surface area contributed by atoms with Gasteiger partial charge in [-0.3, -0.25) is 4.79 Å². The van der Waals surface area contributed by atoms with Crippen LogP contribution in [0.3, 0.4) is 0 Å². The van der Waals surface area contributed by atoms with Crippen LogP contribution in [0.2, 0.25) is 0 Å². The van der Waals surface area contributed by atoms with Gasteiger partial charge >= 0.3 is 0 Å². The van der Waals surface area contributed by atoms with E-state index in [9.17, 15) is 9.90 Å². The summed E-state index contributed by atoms with van der Waals surface area (Å²) >= 11 is 0. The smallest absolute Gasteiger partial charge is 0.236 e. The molecule has 1 saturated heterocycles. The van der Waals surface area contributed by atoms with Gasteiger partial charge in [0.25, 0.3) is 0 Å². The Morgan fingerprint density at radius 3 is 2.35 bits per heavy atom. The van der Waals surface area contributed by atoms with Crippen LogP contribution < -0.4 is 9.64 Å². The topological polar surface area (TPSA) is 49.8 Å². The van der Waals surface area contributed by atoms with Gasteiger partial charge in [-0.05, 0) is 52.2 Å². The number of aliphatic hydroxyl groups excluding tert-OH is 1. The Labute approximate surface area is 181 Å². The normalized spacial score (nSPS) is 19.2. The average Bonchev–Trinajstić information content (AvgIpc) is 2.82. The molecule has 1 aliphatic rings. The van der Waals surface area contributed by atoms with Crippen molar-refractivity contribution in [1.29, 1.82) is 0 Å². The van der Waals surface area contributed by atoms with Crippen molar-refractivity contribution in [2.75, 3.05) is 12.0 Å². The Bertz CT molecular complexity index is 1240. The zero-order valence-corrected chi connectivity index (χ0v) is 17.2. The number of hydrogen-bond donors (Lipinski definition) is 1. The van der Waals surface area contributed by atoms with Gasteiger partial charge in [0.2, 0.25) is 5.91 Å². The van der Waals surface area contributed by atoms with Crippen molar-refractivity contribution < 1.29 is 14.6 Å². The molecule has 0 spiro atoms. The SMILES string of the molecule is COc1cccc([C@@H]2[C@H]([C@@H](O)c3ccc4ccccc4c3)C(=O)N2c2ccccc2)c1. The molecule has 31 heavy (non-hydrogen) atoms. The molecule has 4 aromatic rings. The molecule has 1 fully saturated rings. The summed E-state index contributed by atoms with van der Waals surface area (Å²) in [4.78, 5) is 15.1. The Morgan fingerprint density at radius 1 is 0.839 bits per heavy atom. The molecule has 0 saturated carbocycles. The zero-order valence-electron chi connectivity index (χ0n) is 17.2. The first-order chi connectivity index (χ1) is 15.2. The van der Waals surface area contributed by atoms with Crippen LogP contribution in [0.25, 0.3) is 10.8 Å². The van der Waals surface area contributed by atoms with Gasteiger partial charge in [-0.25, -0.2) is 0 Å². The second kappa shape index (κ2) is 7.89. The van der Waals surface area contributed by atoms with E-state index in [-0.39, 0.29) is 11.9 Å². The van der Waals surface area contributed by atoms with E-state index in [1.54, 1.807) is 12.0 Å². The fraction of sp³-hybridized carbons (Fsp3) is 0.148. The Hall–Kier alpha value is -3.63. The summed E-state index contributed by atoms with van der Waals surface area (Å²) < 4.78 is 5.40. The number of fused-ring (bicyclic) bond motifs is 1. The molecule has 3 atom stereocenters. The van der Waals surface area contributed by atoms with E-state index in [2.05, 4.69) is 0 Å².